The topological polar surface area (TPSA) is 44.0 Å². The van der Waals surface area contributed by atoms with Crippen molar-refractivity contribution in [1.29, 1.82) is 5.26 Å². The highest BCUT2D eigenvalue weighted by Crippen LogP contribution is 2.29. The largest absolute Gasteiger partial charge is 0.342 e. The lowest BCUT2D eigenvalue weighted by molar-refractivity contribution is 0.189. The minimum absolute atomic E-state index is 0.640. The maximum atomic E-state index is 8.94. The molecule has 0 amide bonds. The molecular formula is C15H22N4. The van der Waals surface area contributed by atoms with Crippen LogP contribution in [-0.2, 0) is 13.6 Å². The molecule has 2 fully saturated rings. The van der Waals surface area contributed by atoms with Gasteiger partial charge in [-0.25, -0.2) is 0 Å². The van der Waals surface area contributed by atoms with Gasteiger partial charge < -0.3 is 14.8 Å². The van der Waals surface area contributed by atoms with Crippen molar-refractivity contribution < 1.29 is 0 Å². The first-order valence-electron chi connectivity index (χ1n) is 7.29. The van der Waals surface area contributed by atoms with Gasteiger partial charge in [-0.15, -0.1) is 0 Å². The van der Waals surface area contributed by atoms with Gasteiger partial charge in [-0.2, -0.15) is 5.26 Å². The van der Waals surface area contributed by atoms with Crippen molar-refractivity contribution in [1.82, 2.24) is 14.8 Å². The van der Waals surface area contributed by atoms with Crippen LogP contribution in [0.4, 0.5) is 0 Å². The number of nitrogens with zero attached hydrogens (tertiary/aromatic N) is 3. The lowest BCUT2D eigenvalue weighted by atomic mass is 10.0. The molecule has 0 bridgehead atoms. The number of rotatable bonds is 4. The predicted octanol–water partition coefficient (Wildman–Crippen LogP) is 1.61. The molecule has 1 N–H and O–H groups in total. The summed E-state index contributed by atoms with van der Waals surface area (Å²) in [6.07, 6.45) is 7.39. The van der Waals surface area contributed by atoms with Gasteiger partial charge in [-0.1, -0.05) is 0 Å². The second-order valence-corrected chi connectivity index (χ2v) is 5.88. The van der Waals surface area contributed by atoms with Gasteiger partial charge in [0.05, 0.1) is 0 Å². The molecule has 0 atom stereocenters. The molecule has 102 valence electrons. The number of hydrogen-bond acceptors (Lipinski definition) is 3. The smallest absolute Gasteiger partial charge is 0.120 e. The van der Waals surface area contributed by atoms with E-state index in [0.29, 0.717) is 6.04 Å². The van der Waals surface area contributed by atoms with Gasteiger partial charge in [-0.3, -0.25) is 0 Å². The lowest BCUT2D eigenvalue weighted by Crippen LogP contribution is -2.43. The zero-order chi connectivity index (χ0) is 13.2. The summed E-state index contributed by atoms with van der Waals surface area (Å²) in [5.41, 5.74) is 1.95. The van der Waals surface area contributed by atoms with Gasteiger partial charge in [0.2, 0.25) is 0 Å². The molecule has 3 rings (SSSR count). The number of piperidine rings is 1. The SMILES string of the molecule is Cn1cc(CNC2CCN(C3CC3)CC2)cc1C#N. The number of nitriles is 1. The quantitative estimate of drug-likeness (QED) is 0.892. The lowest BCUT2D eigenvalue weighted by Gasteiger charge is -2.32. The Morgan fingerprint density at radius 2 is 2.05 bits per heavy atom. The highest BCUT2D eigenvalue weighted by atomic mass is 15.2. The Bertz CT molecular complexity index is 473. The molecule has 1 aliphatic heterocycles. The number of aromatic nitrogens is 1. The molecule has 0 spiro atoms. The van der Waals surface area contributed by atoms with Crippen molar-refractivity contribution in [2.75, 3.05) is 13.1 Å². The molecule has 19 heavy (non-hydrogen) atoms. The van der Waals surface area contributed by atoms with Gasteiger partial charge >= 0.3 is 0 Å². The van der Waals surface area contributed by atoms with E-state index in [1.807, 2.05) is 23.9 Å². The molecule has 0 radical (unpaired) electrons. The Morgan fingerprint density at radius 1 is 1.32 bits per heavy atom. The summed E-state index contributed by atoms with van der Waals surface area (Å²) < 4.78 is 1.90. The number of likely N-dealkylation sites (tertiary alicyclic amines) is 1. The maximum absolute atomic E-state index is 8.94. The molecule has 0 aromatic carbocycles. The normalized spacial score (nSPS) is 21.5. The van der Waals surface area contributed by atoms with Crippen molar-refractivity contribution in [3.8, 4) is 6.07 Å². The van der Waals surface area contributed by atoms with E-state index in [-0.39, 0.29) is 0 Å². The average molecular weight is 258 g/mol. The van der Waals surface area contributed by atoms with E-state index in [1.54, 1.807) is 0 Å². The Labute approximate surface area is 115 Å². The van der Waals surface area contributed by atoms with Crippen LogP contribution in [-0.4, -0.2) is 34.6 Å². The fourth-order valence-corrected chi connectivity index (χ4v) is 3.01. The molecule has 1 saturated carbocycles. The van der Waals surface area contributed by atoms with Crippen LogP contribution in [0.3, 0.4) is 0 Å². The zero-order valence-electron chi connectivity index (χ0n) is 11.6. The maximum Gasteiger partial charge on any atom is 0.120 e. The van der Waals surface area contributed by atoms with Crippen molar-refractivity contribution in [3.05, 3.63) is 23.5 Å². The van der Waals surface area contributed by atoms with E-state index in [0.717, 1.165) is 18.3 Å². The predicted molar refractivity (Wildman–Crippen MR) is 74.6 cm³/mol. The fraction of sp³-hybridized carbons (Fsp3) is 0.667. The van der Waals surface area contributed by atoms with Crippen LogP contribution in [0.1, 0.15) is 36.9 Å². The number of aryl methyl sites for hydroxylation is 1. The van der Waals surface area contributed by atoms with E-state index in [1.165, 1.54) is 44.3 Å². The van der Waals surface area contributed by atoms with Crippen LogP contribution in [0, 0.1) is 11.3 Å². The second-order valence-electron chi connectivity index (χ2n) is 5.88. The summed E-state index contributed by atoms with van der Waals surface area (Å²) in [6.45, 7) is 3.38. The van der Waals surface area contributed by atoms with E-state index in [4.69, 9.17) is 5.26 Å². The van der Waals surface area contributed by atoms with Gasteiger partial charge in [0.1, 0.15) is 11.8 Å². The van der Waals surface area contributed by atoms with Crippen molar-refractivity contribution >= 4 is 0 Å². The number of nitrogens with one attached hydrogen (secondary N) is 1. The highest BCUT2D eigenvalue weighted by Gasteiger charge is 2.31. The highest BCUT2D eigenvalue weighted by molar-refractivity contribution is 5.28. The van der Waals surface area contributed by atoms with Crippen LogP contribution in [0.15, 0.2) is 12.3 Å². The molecule has 1 aliphatic carbocycles. The molecule has 1 aromatic heterocycles. The van der Waals surface area contributed by atoms with Crippen molar-refractivity contribution in [2.24, 2.45) is 7.05 Å². The summed E-state index contributed by atoms with van der Waals surface area (Å²) in [5.74, 6) is 0. The van der Waals surface area contributed by atoms with Crippen LogP contribution in [0.25, 0.3) is 0 Å². The Morgan fingerprint density at radius 3 is 2.63 bits per heavy atom. The van der Waals surface area contributed by atoms with E-state index in [9.17, 15) is 0 Å². The molecule has 4 heteroatoms. The van der Waals surface area contributed by atoms with Crippen molar-refractivity contribution in [3.63, 3.8) is 0 Å². The van der Waals surface area contributed by atoms with Crippen LogP contribution in [0.2, 0.25) is 0 Å². The Balaban J connectivity index is 1.46. The first-order valence-corrected chi connectivity index (χ1v) is 7.29. The summed E-state index contributed by atoms with van der Waals surface area (Å²) in [7, 11) is 1.93. The minimum Gasteiger partial charge on any atom is -0.342 e. The Kier molecular flexibility index (Phi) is 3.58. The first kappa shape index (κ1) is 12.7. The van der Waals surface area contributed by atoms with Gasteiger partial charge in [0.15, 0.2) is 0 Å². The third-order valence-electron chi connectivity index (χ3n) is 4.36. The van der Waals surface area contributed by atoms with Crippen LogP contribution < -0.4 is 5.32 Å². The molecule has 2 aliphatic rings. The third kappa shape index (κ3) is 2.99. The molecule has 1 aromatic rings. The summed E-state index contributed by atoms with van der Waals surface area (Å²) >= 11 is 0. The second kappa shape index (κ2) is 5.36. The molecule has 2 heterocycles. The van der Waals surface area contributed by atoms with Gasteiger partial charge in [0.25, 0.3) is 0 Å². The fourth-order valence-electron chi connectivity index (χ4n) is 3.01. The van der Waals surface area contributed by atoms with Crippen molar-refractivity contribution in [2.45, 2.75) is 44.3 Å². The first-order chi connectivity index (χ1) is 9.26. The monoisotopic (exact) mass is 258 g/mol. The molecule has 1 saturated heterocycles. The summed E-state index contributed by atoms with van der Waals surface area (Å²) in [4.78, 5) is 2.65. The summed E-state index contributed by atoms with van der Waals surface area (Å²) in [6, 6.07) is 5.74. The van der Waals surface area contributed by atoms with Gasteiger partial charge in [0, 0.05) is 31.9 Å². The molecule has 4 nitrogen and oxygen atoms in total. The van der Waals surface area contributed by atoms with E-state index in [2.05, 4.69) is 16.3 Å². The Hall–Kier alpha value is -1.31. The third-order valence-corrected chi connectivity index (χ3v) is 4.36. The standard InChI is InChI=1S/C15H22N4/c1-18-11-12(8-15(18)9-16)10-17-13-4-6-19(7-5-13)14-2-3-14/h8,11,13-14,17H,2-7,10H2,1H3. The molecular weight excluding hydrogens is 236 g/mol. The summed E-state index contributed by atoms with van der Waals surface area (Å²) in [5, 5.41) is 12.6. The van der Waals surface area contributed by atoms with E-state index >= 15 is 0 Å². The van der Waals surface area contributed by atoms with Crippen LogP contribution >= 0.6 is 0 Å². The molecule has 0 unspecified atom stereocenters. The number of hydrogen-bond donors (Lipinski definition) is 1. The minimum atomic E-state index is 0.640. The van der Waals surface area contributed by atoms with E-state index < -0.39 is 0 Å². The van der Waals surface area contributed by atoms with Gasteiger partial charge in [-0.05, 0) is 50.4 Å². The van der Waals surface area contributed by atoms with Crippen LogP contribution in [0.5, 0.6) is 0 Å². The average Bonchev–Trinajstić information content (AvgIpc) is 3.21. The zero-order valence-corrected chi connectivity index (χ0v) is 11.6.